The first kappa shape index (κ1) is 21.4. The molecule has 4 amide bonds. The van der Waals surface area contributed by atoms with E-state index in [4.69, 9.17) is 4.74 Å². The van der Waals surface area contributed by atoms with E-state index in [-0.39, 0.29) is 24.5 Å². The molecule has 1 spiro atoms. The molecule has 3 aliphatic rings. The zero-order valence-electron chi connectivity index (χ0n) is 17.8. The van der Waals surface area contributed by atoms with Gasteiger partial charge in [0.1, 0.15) is 12.3 Å². The van der Waals surface area contributed by atoms with Crippen LogP contribution in [0.2, 0.25) is 0 Å². The summed E-state index contributed by atoms with van der Waals surface area (Å²) in [5.74, 6) is -0.653. The molecule has 0 radical (unpaired) electrons. The lowest BCUT2D eigenvalue weighted by Gasteiger charge is -2.33. The maximum Gasteiger partial charge on any atom is 0.325 e. The number of para-hydroxylation sites is 2. The number of sulfone groups is 1. The van der Waals surface area contributed by atoms with Crippen molar-refractivity contribution in [2.24, 2.45) is 0 Å². The maximum atomic E-state index is 13.5. The number of hydrogen-bond acceptors (Lipinski definition) is 6. The van der Waals surface area contributed by atoms with Crippen LogP contribution in [0.5, 0.6) is 5.75 Å². The van der Waals surface area contributed by atoms with Gasteiger partial charge < -0.3 is 15.0 Å². The van der Waals surface area contributed by atoms with Crippen molar-refractivity contribution in [2.45, 2.75) is 24.4 Å². The van der Waals surface area contributed by atoms with E-state index >= 15 is 0 Å². The zero-order valence-corrected chi connectivity index (χ0v) is 18.6. The minimum atomic E-state index is -3.25. The number of rotatable bonds is 4. The fraction of sp³-hybridized carbons (Fsp3) is 0.348. The second-order valence-electron chi connectivity index (χ2n) is 8.48. The summed E-state index contributed by atoms with van der Waals surface area (Å²) in [4.78, 5) is 42.1. The number of amides is 4. The maximum absolute atomic E-state index is 13.5. The van der Waals surface area contributed by atoms with E-state index in [1.807, 2.05) is 0 Å². The van der Waals surface area contributed by atoms with Gasteiger partial charge in [-0.1, -0.05) is 36.4 Å². The number of urea groups is 1. The van der Waals surface area contributed by atoms with Gasteiger partial charge in [0.15, 0.2) is 15.4 Å². The summed E-state index contributed by atoms with van der Waals surface area (Å²) >= 11 is 0. The fourth-order valence-corrected chi connectivity index (χ4v) is 6.55. The van der Waals surface area contributed by atoms with Crippen molar-refractivity contribution >= 4 is 33.4 Å². The van der Waals surface area contributed by atoms with Crippen LogP contribution in [-0.2, 0) is 25.0 Å². The number of fused-ring (bicyclic) bond motifs is 2. The van der Waals surface area contributed by atoms with Gasteiger partial charge in [0.25, 0.3) is 5.91 Å². The number of ether oxygens (including phenoxy) is 1. The third kappa shape index (κ3) is 3.64. The van der Waals surface area contributed by atoms with Gasteiger partial charge in [0.05, 0.1) is 24.2 Å². The molecule has 3 aliphatic heterocycles. The Morgan fingerprint density at radius 2 is 1.85 bits per heavy atom. The van der Waals surface area contributed by atoms with Crippen molar-refractivity contribution in [3.8, 4) is 5.75 Å². The van der Waals surface area contributed by atoms with E-state index in [2.05, 4.69) is 5.32 Å². The Labute approximate surface area is 191 Å². The molecule has 2 fully saturated rings. The highest BCUT2D eigenvalue weighted by molar-refractivity contribution is 7.91. The Hall–Kier alpha value is -3.40. The van der Waals surface area contributed by atoms with Crippen LogP contribution in [0.25, 0.3) is 0 Å². The molecule has 2 aromatic carbocycles. The van der Waals surface area contributed by atoms with E-state index in [1.54, 1.807) is 54.6 Å². The molecule has 2 atom stereocenters. The first-order valence-corrected chi connectivity index (χ1v) is 12.6. The molecule has 2 aromatic rings. The monoisotopic (exact) mass is 469 g/mol. The Morgan fingerprint density at radius 3 is 2.58 bits per heavy atom. The smallest absolute Gasteiger partial charge is 0.325 e. The largest absolute Gasteiger partial charge is 0.493 e. The van der Waals surface area contributed by atoms with Crippen LogP contribution in [0.15, 0.2) is 54.6 Å². The van der Waals surface area contributed by atoms with Gasteiger partial charge in [-0.25, -0.2) is 13.2 Å². The van der Waals surface area contributed by atoms with Gasteiger partial charge in [-0.05, 0) is 24.6 Å². The highest BCUT2D eigenvalue weighted by Gasteiger charge is 2.55. The molecule has 33 heavy (non-hydrogen) atoms. The Balaban J connectivity index is 1.44. The van der Waals surface area contributed by atoms with Gasteiger partial charge in [-0.15, -0.1) is 0 Å². The quantitative estimate of drug-likeness (QED) is 0.678. The summed E-state index contributed by atoms with van der Waals surface area (Å²) in [5.41, 5.74) is -0.186. The number of carbonyl (C=O) groups excluding carboxylic acids is 3. The Morgan fingerprint density at radius 1 is 1.12 bits per heavy atom. The summed E-state index contributed by atoms with van der Waals surface area (Å²) in [5, 5.41) is 2.78. The molecule has 10 heteroatoms. The second-order valence-corrected chi connectivity index (χ2v) is 10.7. The number of anilines is 1. The molecule has 0 unspecified atom stereocenters. The van der Waals surface area contributed by atoms with Crippen molar-refractivity contribution in [1.82, 2.24) is 10.2 Å². The molecule has 5 rings (SSSR count). The first-order valence-electron chi connectivity index (χ1n) is 10.7. The Bertz CT molecular complexity index is 1230. The van der Waals surface area contributed by atoms with Crippen LogP contribution in [0.3, 0.4) is 0 Å². The minimum absolute atomic E-state index is 0.00267. The van der Waals surface area contributed by atoms with E-state index < -0.39 is 45.8 Å². The molecular weight excluding hydrogens is 446 g/mol. The van der Waals surface area contributed by atoms with Crippen molar-refractivity contribution in [3.63, 3.8) is 0 Å². The molecule has 0 saturated carbocycles. The van der Waals surface area contributed by atoms with E-state index in [1.165, 1.54) is 4.90 Å². The van der Waals surface area contributed by atoms with Crippen LogP contribution >= 0.6 is 0 Å². The molecule has 1 N–H and O–H groups in total. The van der Waals surface area contributed by atoms with Crippen molar-refractivity contribution in [2.75, 3.05) is 29.6 Å². The number of hydrogen-bond donors (Lipinski definition) is 1. The third-order valence-corrected chi connectivity index (χ3v) is 8.18. The van der Waals surface area contributed by atoms with Crippen LogP contribution in [0.1, 0.15) is 18.4 Å². The average molecular weight is 470 g/mol. The first-order chi connectivity index (χ1) is 15.8. The van der Waals surface area contributed by atoms with Crippen molar-refractivity contribution < 1.29 is 27.5 Å². The molecule has 0 aromatic heterocycles. The second kappa shape index (κ2) is 7.87. The van der Waals surface area contributed by atoms with Gasteiger partial charge in [0.2, 0.25) is 5.91 Å². The number of imide groups is 1. The predicted molar refractivity (Wildman–Crippen MR) is 119 cm³/mol. The van der Waals surface area contributed by atoms with Gasteiger partial charge in [-0.3, -0.25) is 14.5 Å². The summed E-state index contributed by atoms with van der Waals surface area (Å²) < 4.78 is 29.8. The fourth-order valence-electron chi connectivity index (χ4n) is 4.85. The average Bonchev–Trinajstić information content (AvgIpc) is 3.27. The van der Waals surface area contributed by atoms with Crippen molar-refractivity contribution in [3.05, 3.63) is 60.2 Å². The normalized spacial score (nSPS) is 25.5. The van der Waals surface area contributed by atoms with Gasteiger partial charge in [-0.2, -0.15) is 0 Å². The lowest BCUT2D eigenvalue weighted by Crippen LogP contribution is -2.50. The molecule has 2 saturated heterocycles. The molecule has 172 valence electrons. The standard InChI is InChI=1S/C23H23N3O6S/c27-20(26(16-6-2-1-3-7-16)17-10-13-33(30,31)15-17)14-25-21(28)23(24-22(25)29)11-12-32-19-9-5-4-8-18(19)23/h1-9,17H,10-15H2,(H,24,29)/t17-,23+/m1/s1. The lowest BCUT2D eigenvalue weighted by atomic mass is 9.84. The minimum Gasteiger partial charge on any atom is -0.493 e. The van der Waals surface area contributed by atoms with Crippen molar-refractivity contribution in [1.29, 1.82) is 0 Å². The van der Waals surface area contributed by atoms with Gasteiger partial charge >= 0.3 is 6.03 Å². The van der Waals surface area contributed by atoms with Crippen LogP contribution < -0.4 is 15.0 Å². The highest BCUT2D eigenvalue weighted by atomic mass is 32.2. The SMILES string of the molecule is O=C1N[C@]2(CCOc3ccccc32)C(=O)N1CC(=O)N(c1ccccc1)[C@@H]1CCS(=O)(=O)C1. The molecule has 0 bridgehead atoms. The number of carbonyl (C=O) groups is 3. The van der Waals surface area contributed by atoms with Crippen LogP contribution in [0, 0.1) is 0 Å². The lowest BCUT2D eigenvalue weighted by molar-refractivity contribution is -0.135. The predicted octanol–water partition coefficient (Wildman–Crippen LogP) is 1.44. The number of nitrogens with zero attached hydrogens (tertiary/aromatic N) is 2. The highest BCUT2D eigenvalue weighted by Crippen LogP contribution is 2.41. The zero-order chi connectivity index (χ0) is 23.2. The Kier molecular flexibility index (Phi) is 5.12. The summed E-state index contributed by atoms with van der Waals surface area (Å²) in [7, 11) is -3.25. The van der Waals surface area contributed by atoms with E-state index in [9.17, 15) is 22.8 Å². The molecule has 9 nitrogen and oxygen atoms in total. The van der Waals surface area contributed by atoms with Crippen LogP contribution in [0.4, 0.5) is 10.5 Å². The molecular formula is C23H23N3O6S. The van der Waals surface area contributed by atoms with E-state index in [0.717, 1.165) is 4.90 Å². The molecule has 3 heterocycles. The summed E-state index contributed by atoms with van der Waals surface area (Å²) in [6.45, 7) is -0.234. The topological polar surface area (TPSA) is 113 Å². The van der Waals surface area contributed by atoms with E-state index in [0.29, 0.717) is 23.4 Å². The summed E-state index contributed by atoms with van der Waals surface area (Å²) in [6, 6.07) is 14.5. The number of nitrogens with one attached hydrogen (secondary N) is 1. The summed E-state index contributed by atoms with van der Waals surface area (Å²) in [6.07, 6.45) is 0.556. The van der Waals surface area contributed by atoms with Gasteiger partial charge in [0, 0.05) is 17.7 Å². The third-order valence-electron chi connectivity index (χ3n) is 6.43. The van der Waals surface area contributed by atoms with Crippen LogP contribution in [-0.4, -0.2) is 61.9 Å². The molecule has 0 aliphatic carbocycles. The number of benzene rings is 2.